The molecule has 0 saturated carbocycles. The summed E-state index contributed by atoms with van der Waals surface area (Å²) in [5.41, 5.74) is 0.724. The van der Waals surface area contributed by atoms with Crippen LogP contribution in [0.15, 0.2) is 36.4 Å². The van der Waals surface area contributed by atoms with E-state index in [9.17, 15) is 5.11 Å². The van der Waals surface area contributed by atoms with Crippen LogP contribution in [0, 0.1) is 5.41 Å². The summed E-state index contributed by atoms with van der Waals surface area (Å²) in [6.07, 6.45) is 0.324. The second-order valence-electron chi connectivity index (χ2n) is 3.83. The average molecular weight is 229 g/mol. The lowest BCUT2D eigenvalue weighted by Crippen LogP contribution is -2.06. The fourth-order valence-electron chi connectivity index (χ4n) is 1.84. The van der Waals surface area contributed by atoms with E-state index in [1.807, 2.05) is 43.3 Å². The van der Waals surface area contributed by atoms with Crippen molar-refractivity contribution in [1.82, 2.24) is 0 Å². The van der Waals surface area contributed by atoms with Crippen molar-refractivity contribution < 1.29 is 9.84 Å². The van der Waals surface area contributed by atoms with Crippen LogP contribution < -0.4 is 0 Å². The van der Waals surface area contributed by atoms with E-state index in [1.165, 1.54) is 0 Å². The normalized spacial score (nSPS) is 10.4. The van der Waals surface area contributed by atoms with E-state index >= 15 is 0 Å². The highest BCUT2D eigenvalue weighted by Gasteiger charge is 2.08. The molecule has 3 nitrogen and oxygen atoms in total. The van der Waals surface area contributed by atoms with Gasteiger partial charge in [-0.3, -0.25) is 5.41 Å². The number of fused-ring (bicyclic) bond motifs is 1. The zero-order valence-corrected chi connectivity index (χ0v) is 9.73. The molecule has 0 aliphatic carbocycles. The number of hydrogen-bond donors (Lipinski definition) is 2. The highest BCUT2D eigenvalue weighted by molar-refractivity contribution is 5.90. The monoisotopic (exact) mass is 229 g/mol. The van der Waals surface area contributed by atoms with Crippen molar-refractivity contribution in [3.05, 3.63) is 42.0 Å². The number of phenolic OH excluding ortho intramolecular Hbond substituents is 1. The van der Waals surface area contributed by atoms with Crippen LogP contribution in [0.2, 0.25) is 0 Å². The highest BCUT2D eigenvalue weighted by atomic mass is 16.5. The Balaban J connectivity index is 2.36. The van der Waals surface area contributed by atoms with Crippen LogP contribution >= 0.6 is 0 Å². The third-order valence-corrected chi connectivity index (χ3v) is 2.65. The fourth-order valence-corrected chi connectivity index (χ4v) is 1.84. The van der Waals surface area contributed by atoms with Crippen LogP contribution in [0.5, 0.6) is 5.75 Å². The van der Waals surface area contributed by atoms with Crippen molar-refractivity contribution in [2.75, 3.05) is 6.61 Å². The topological polar surface area (TPSA) is 53.3 Å². The van der Waals surface area contributed by atoms with Gasteiger partial charge in [0, 0.05) is 10.9 Å². The molecule has 0 fully saturated rings. The van der Waals surface area contributed by atoms with Gasteiger partial charge in [-0.05, 0) is 12.3 Å². The summed E-state index contributed by atoms with van der Waals surface area (Å²) in [6.45, 7) is 2.32. The molecule has 0 amide bonds. The van der Waals surface area contributed by atoms with E-state index in [0.717, 1.165) is 16.3 Å². The van der Waals surface area contributed by atoms with E-state index in [2.05, 4.69) is 0 Å². The van der Waals surface area contributed by atoms with Crippen molar-refractivity contribution in [2.45, 2.75) is 13.3 Å². The molecule has 88 valence electrons. The molecule has 0 atom stereocenters. The van der Waals surface area contributed by atoms with Crippen LogP contribution in [0.25, 0.3) is 10.8 Å². The van der Waals surface area contributed by atoms with E-state index in [4.69, 9.17) is 10.1 Å². The van der Waals surface area contributed by atoms with Crippen LogP contribution in [0.4, 0.5) is 0 Å². The molecular formula is C14H15NO2. The SMILES string of the molecule is CCOC(=N)Cc1ccc2ccccc2c1O. The summed E-state index contributed by atoms with van der Waals surface area (Å²) in [7, 11) is 0. The van der Waals surface area contributed by atoms with Gasteiger partial charge < -0.3 is 9.84 Å². The molecule has 0 spiro atoms. The van der Waals surface area contributed by atoms with Gasteiger partial charge in [0.1, 0.15) is 5.75 Å². The first-order chi connectivity index (χ1) is 8.22. The lowest BCUT2D eigenvalue weighted by Gasteiger charge is -2.09. The smallest absolute Gasteiger partial charge is 0.184 e. The number of hydrogen-bond acceptors (Lipinski definition) is 3. The lowest BCUT2D eigenvalue weighted by molar-refractivity contribution is 0.316. The molecule has 2 N–H and O–H groups in total. The molecule has 2 aromatic rings. The van der Waals surface area contributed by atoms with Crippen molar-refractivity contribution in [1.29, 1.82) is 5.41 Å². The van der Waals surface area contributed by atoms with Gasteiger partial charge >= 0.3 is 0 Å². The Morgan fingerprint density at radius 2 is 2.00 bits per heavy atom. The molecule has 0 radical (unpaired) electrons. The summed E-state index contributed by atoms with van der Waals surface area (Å²) in [6, 6.07) is 11.4. The number of aromatic hydroxyl groups is 1. The quantitative estimate of drug-likeness (QED) is 0.627. The van der Waals surface area contributed by atoms with Crippen molar-refractivity contribution in [2.24, 2.45) is 0 Å². The van der Waals surface area contributed by atoms with Crippen molar-refractivity contribution >= 4 is 16.7 Å². The standard InChI is InChI=1S/C14H15NO2/c1-2-17-13(15)9-11-8-7-10-5-3-4-6-12(10)14(11)16/h3-8,15-16H,2,9H2,1H3. The predicted molar refractivity (Wildman–Crippen MR) is 68.7 cm³/mol. The van der Waals surface area contributed by atoms with Crippen LogP contribution in [-0.4, -0.2) is 17.6 Å². The fraction of sp³-hybridized carbons (Fsp3) is 0.214. The first kappa shape index (κ1) is 11.5. The molecule has 3 heteroatoms. The van der Waals surface area contributed by atoms with Crippen LogP contribution in [0.1, 0.15) is 12.5 Å². The largest absolute Gasteiger partial charge is 0.507 e. The molecule has 17 heavy (non-hydrogen) atoms. The first-order valence-electron chi connectivity index (χ1n) is 5.62. The Bertz CT molecular complexity index is 549. The number of benzene rings is 2. The van der Waals surface area contributed by atoms with Crippen molar-refractivity contribution in [3.8, 4) is 5.75 Å². The second-order valence-corrected chi connectivity index (χ2v) is 3.83. The third kappa shape index (κ3) is 2.38. The molecule has 0 saturated heterocycles. The summed E-state index contributed by atoms with van der Waals surface area (Å²) >= 11 is 0. The van der Waals surface area contributed by atoms with Gasteiger partial charge in [0.05, 0.1) is 13.0 Å². The Kier molecular flexibility index (Phi) is 3.28. The maximum atomic E-state index is 10.1. The van der Waals surface area contributed by atoms with Gasteiger partial charge in [0.15, 0.2) is 5.90 Å². The molecule has 0 bridgehead atoms. The molecule has 2 rings (SSSR count). The Labute approximate surface area is 100 Å². The molecule has 0 aliphatic rings. The number of nitrogens with one attached hydrogen (secondary N) is 1. The molecule has 0 unspecified atom stereocenters. The van der Waals surface area contributed by atoms with E-state index in [-0.39, 0.29) is 11.6 Å². The molecule has 2 aromatic carbocycles. The van der Waals surface area contributed by atoms with Crippen LogP contribution in [-0.2, 0) is 11.2 Å². The third-order valence-electron chi connectivity index (χ3n) is 2.65. The minimum atomic E-state index is 0.179. The molecular weight excluding hydrogens is 214 g/mol. The van der Waals surface area contributed by atoms with Crippen molar-refractivity contribution in [3.63, 3.8) is 0 Å². The Morgan fingerprint density at radius 3 is 2.76 bits per heavy atom. The maximum absolute atomic E-state index is 10.1. The summed E-state index contributed by atoms with van der Waals surface area (Å²) in [4.78, 5) is 0. The van der Waals surface area contributed by atoms with Gasteiger partial charge in [-0.2, -0.15) is 0 Å². The maximum Gasteiger partial charge on any atom is 0.184 e. The Morgan fingerprint density at radius 1 is 1.24 bits per heavy atom. The zero-order chi connectivity index (χ0) is 12.3. The molecule has 0 aliphatic heterocycles. The highest BCUT2D eigenvalue weighted by Crippen LogP contribution is 2.28. The number of phenols is 1. The summed E-state index contributed by atoms with van der Waals surface area (Å²) in [5, 5.41) is 19.5. The lowest BCUT2D eigenvalue weighted by atomic mass is 10.0. The van der Waals surface area contributed by atoms with E-state index < -0.39 is 0 Å². The minimum Gasteiger partial charge on any atom is -0.507 e. The first-order valence-corrected chi connectivity index (χ1v) is 5.62. The zero-order valence-electron chi connectivity index (χ0n) is 9.73. The minimum absolute atomic E-state index is 0.179. The Hall–Kier alpha value is -2.03. The van der Waals surface area contributed by atoms with E-state index in [0.29, 0.717) is 13.0 Å². The van der Waals surface area contributed by atoms with Gasteiger partial charge in [0.2, 0.25) is 0 Å². The summed E-state index contributed by atoms with van der Waals surface area (Å²) in [5.74, 6) is 0.422. The van der Waals surface area contributed by atoms with Gasteiger partial charge in [-0.25, -0.2) is 0 Å². The van der Waals surface area contributed by atoms with Gasteiger partial charge in [-0.1, -0.05) is 36.4 Å². The number of rotatable bonds is 3. The van der Waals surface area contributed by atoms with Gasteiger partial charge in [0.25, 0.3) is 0 Å². The molecule has 0 heterocycles. The van der Waals surface area contributed by atoms with Gasteiger partial charge in [-0.15, -0.1) is 0 Å². The van der Waals surface area contributed by atoms with E-state index in [1.54, 1.807) is 0 Å². The number of ether oxygens (including phenoxy) is 1. The summed E-state index contributed by atoms with van der Waals surface area (Å²) < 4.78 is 5.09. The average Bonchev–Trinajstić information content (AvgIpc) is 2.33. The second kappa shape index (κ2) is 4.87. The van der Waals surface area contributed by atoms with Crippen LogP contribution in [0.3, 0.4) is 0 Å². The predicted octanol–water partition coefficient (Wildman–Crippen LogP) is 3.10. The molecule has 0 aromatic heterocycles.